The molecule has 0 aliphatic carbocycles. The van der Waals surface area contributed by atoms with Gasteiger partial charge in [0.05, 0.1) is 12.2 Å². The number of hydrogen-bond acceptors (Lipinski definition) is 5. The molecule has 3 aromatic heterocycles. The van der Waals surface area contributed by atoms with Crippen molar-refractivity contribution in [3.8, 4) is 22.6 Å². The van der Waals surface area contributed by atoms with Crippen LogP contribution in [0.4, 0.5) is 0 Å². The minimum atomic E-state index is 0.0632. The first-order chi connectivity index (χ1) is 16.1. The Hall–Kier alpha value is -3.55. The highest BCUT2D eigenvalue weighted by Gasteiger charge is 2.14. The molecule has 3 heterocycles. The van der Waals surface area contributed by atoms with Crippen LogP contribution in [-0.4, -0.2) is 34.7 Å². The molecule has 0 saturated carbocycles. The van der Waals surface area contributed by atoms with E-state index in [1.54, 1.807) is 0 Å². The van der Waals surface area contributed by atoms with E-state index in [0.29, 0.717) is 18.3 Å². The Labute approximate surface area is 193 Å². The molecule has 172 valence electrons. The molecular weight excluding hydrogens is 414 g/mol. The molecule has 0 aliphatic rings. The third-order valence-corrected chi connectivity index (χ3v) is 5.82. The lowest BCUT2D eigenvalue weighted by Crippen LogP contribution is -2.26. The second-order valence-electron chi connectivity index (χ2n) is 8.80. The van der Waals surface area contributed by atoms with E-state index in [2.05, 4.69) is 41.4 Å². The molecule has 8 heteroatoms. The molecule has 0 bridgehead atoms. The van der Waals surface area contributed by atoms with Crippen LogP contribution in [0.1, 0.15) is 51.3 Å². The van der Waals surface area contributed by atoms with E-state index in [1.807, 2.05) is 57.9 Å². The summed E-state index contributed by atoms with van der Waals surface area (Å²) in [4.78, 5) is 17.8. The predicted octanol–water partition coefficient (Wildman–Crippen LogP) is 4.33. The Morgan fingerprint density at radius 3 is 2.58 bits per heavy atom. The van der Waals surface area contributed by atoms with Gasteiger partial charge in [-0.05, 0) is 42.0 Å². The number of rotatable bonds is 10. The minimum absolute atomic E-state index is 0.0632. The Balaban J connectivity index is 1.59. The lowest BCUT2D eigenvalue weighted by molar-refractivity contribution is 0.502. The number of nitrogens with zero attached hydrogens (tertiary/aromatic N) is 6. The van der Waals surface area contributed by atoms with Crippen molar-refractivity contribution in [3.63, 3.8) is 0 Å². The van der Waals surface area contributed by atoms with Crippen molar-refractivity contribution in [2.75, 3.05) is 0 Å². The summed E-state index contributed by atoms with van der Waals surface area (Å²) in [6, 6.07) is 11.9. The van der Waals surface area contributed by atoms with Gasteiger partial charge in [-0.3, -0.25) is 14.1 Å². The number of pyridine rings is 1. The lowest BCUT2D eigenvalue weighted by atomic mass is 10.0. The maximum atomic E-state index is 13.1. The number of aromatic amines is 1. The SMILES string of the molecule is CCCCc1cn(CCC(C)C)c(=O)n1Cc1ccc(-c2ccccc2-c2nn[nH]n2)nc1. The Morgan fingerprint density at radius 1 is 1.09 bits per heavy atom. The normalized spacial score (nSPS) is 11.4. The lowest BCUT2D eigenvalue weighted by Gasteiger charge is -2.09. The summed E-state index contributed by atoms with van der Waals surface area (Å²) in [5.41, 5.74) is 4.78. The van der Waals surface area contributed by atoms with Crippen LogP contribution < -0.4 is 5.69 Å². The average molecular weight is 446 g/mol. The molecule has 0 atom stereocenters. The molecule has 0 radical (unpaired) electrons. The molecule has 33 heavy (non-hydrogen) atoms. The van der Waals surface area contributed by atoms with Crippen molar-refractivity contribution >= 4 is 0 Å². The van der Waals surface area contributed by atoms with Crippen molar-refractivity contribution in [1.29, 1.82) is 0 Å². The van der Waals surface area contributed by atoms with Crippen molar-refractivity contribution in [2.45, 2.75) is 59.5 Å². The third kappa shape index (κ3) is 5.27. The predicted molar refractivity (Wildman–Crippen MR) is 129 cm³/mol. The fraction of sp³-hybridized carbons (Fsp3) is 0.400. The first kappa shape index (κ1) is 22.6. The van der Waals surface area contributed by atoms with Gasteiger partial charge in [-0.25, -0.2) is 4.79 Å². The van der Waals surface area contributed by atoms with Gasteiger partial charge >= 0.3 is 5.69 Å². The number of tetrazole rings is 1. The summed E-state index contributed by atoms with van der Waals surface area (Å²) >= 11 is 0. The van der Waals surface area contributed by atoms with E-state index in [9.17, 15) is 4.79 Å². The first-order valence-corrected chi connectivity index (χ1v) is 11.6. The van der Waals surface area contributed by atoms with Crippen molar-refractivity contribution in [3.05, 3.63) is 70.5 Å². The second-order valence-corrected chi connectivity index (χ2v) is 8.80. The van der Waals surface area contributed by atoms with Gasteiger partial charge in [0.15, 0.2) is 0 Å². The summed E-state index contributed by atoms with van der Waals surface area (Å²) in [6.07, 6.45) is 7.96. The van der Waals surface area contributed by atoms with Gasteiger partial charge < -0.3 is 0 Å². The molecule has 0 fully saturated rings. The number of hydrogen-bond donors (Lipinski definition) is 1. The van der Waals surface area contributed by atoms with E-state index >= 15 is 0 Å². The summed E-state index contributed by atoms with van der Waals surface area (Å²) in [5.74, 6) is 1.10. The summed E-state index contributed by atoms with van der Waals surface area (Å²) in [5, 5.41) is 14.4. The average Bonchev–Trinajstić information content (AvgIpc) is 3.46. The van der Waals surface area contributed by atoms with Gasteiger partial charge in [0.1, 0.15) is 0 Å². The van der Waals surface area contributed by atoms with Crippen LogP contribution in [0.2, 0.25) is 0 Å². The van der Waals surface area contributed by atoms with Gasteiger partial charge in [-0.2, -0.15) is 5.21 Å². The highest BCUT2D eigenvalue weighted by atomic mass is 16.1. The number of benzene rings is 1. The van der Waals surface area contributed by atoms with Crippen LogP contribution in [0, 0.1) is 5.92 Å². The minimum Gasteiger partial charge on any atom is -0.299 e. The van der Waals surface area contributed by atoms with Crippen molar-refractivity contribution < 1.29 is 0 Å². The highest BCUT2D eigenvalue weighted by molar-refractivity contribution is 5.78. The fourth-order valence-electron chi connectivity index (χ4n) is 3.90. The Kier molecular flexibility index (Phi) is 7.12. The van der Waals surface area contributed by atoms with Gasteiger partial charge in [-0.15, -0.1) is 10.2 Å². The molecule has 1 N–H and O–H groups in total. The van der Waals surface area contributed by atoms with E-state index in [1.165, 1.54) is 0 Å². The molecule has 0 unspecified atom stereocenters. The van der Waals surface area contributed by atoms with Crippen LogP contribution >= 0.6 is 0 Å². The molecule has 0 saturated heterocycles. The zero-order valence-corrected chi connectivity index (χ0v) is 19.5. The number of imidazole rings is 1. The zero-order chi connectivity index (χ0) is 23.2. The van der Waals surface area contributed by atoms with Crippen LogP contribution in [0.5, 0.6) is 0 Å². The van der Waals surface area contributed by atoms with Crippen molar-refractivity contribution in [2.24, 2.45) is 5.92 Å². The first-order valence-electron chi connectivity index (χ1n) is 11.6. The number of H-pyrrole nitrogens is 1. The molecular formula is C25H31N7O. The molecule has 8 nitrogen and oxygen atoms in total. The van der Waals surface area contributed by atoms with Crippen LogP contribution in [0.3, 0.4) is 0 Å². The molecule has 0 amide bonds. The monoisotopic (exact) mass is 445 g/mol. The maximum Gasteiger partial charge on any atom is 0.328 e. The number of aryl methyl sites for hydroxylation is 2. The Bertz CT molecular complexity index is 1220. The van der Waals surface area contributed by atoms with Crippen LogP contribution in [-0.2, 0) is 19.5 Å². The number of nitrogens with one attached hydrogen (secondary N) is 1. The molecule has 4 rings (SSSR count). The summed E-state index contributed by atoms with van der Waals surface area (Å²) in [6.45, 7) is 7.82. The molecule has 1 aromatic carbocycles. The standard InChI is InChI=1S/C25H31N7O/c1-4-5-8-20-17-31(14-13-18(2)3)25(33)32(20)16-19-11-12-23(26-15-19)21-9-6-7-10-22(21)24-27-29-30-28-24/h6-7,9-12,15,17-18H,4-5,8,13-14,16H2,1-3H3,(H,27,28,29,30). The quantitative estimate of drug-likeness (QED) is 0.392. The van der Waals surface area contributed by atoms with Gasteiger partial charge in [0, 0.05) is 35.8 Å². The van der Waals surface area contributed by atoms with Gasteiger partial charge in [-0.1, -0.05) is 57.5 Å². The highest BCUT2D eigenvalue weighted by Crippen LogP contribution is 2.28. The Morgan fingerprint density at radius 2 is 1.91 bits per heavy atom. The molecule has 0 spiro atoms. The van der Waals surface area contributed by atoms with Gasteiger partial charge in [0.2, 0.25) is 5.82 Å². The largest absolute Gasteiger partial charge is 0.328 e. The smallest absolute Gasteiger partial charge is 0.299 e. The van der Waals surface area contributed by atoms with Crippen LogP contribution in [0.25, 0.3) is 22.6 Å². The van der Waals surface area contributed by atoms with E-state index in [0.717, 1.165) is 60.3 Å². The van der Waals surface area contributed by atoms with Crippen molar-refractivity contribution in [1.82, 2.24) is 34.7 Å². The third-order valence-electron chi connectivity index (χ3n) is 5.82. The van der Waals surface area contributed by atoms with Crippen LogP contribution in [0.15, 0.2) is 53.6 Å². The number of unbranched alkanes of at least 4 members (excludes halogenated alkanes) is 1. The summed E-state index contributed by atoms with van der Waals surface area (Å²) < 4.78 is 3.77. The summed E-state index contributed by atoms with van der Waals surface area (Å²) in [7, 11) is 0. The number of aromatic nitrogens is 7. The topological polar surface area (TPSA) is 94.3 Å². The molecule has 4 aromatic rings. The maximum absolute atomic E-state index is 13.1. The molecule has 0 aliphatic heterocycles. The van der Waals surface area contributed by atoms with E-state index in [-0.39, 0.29) is 5.69 Å². The second kappa shape index (κ2) is 10.4. The van der Waals surface area contributed by atoms with E-state index in [4.69, 9.17) is 4.98 Å². The zero-order valence-electron chi connectivity index (χ0n) is 19.5. The van der Waals surface area contributed by atoms with Gasteiger partial charge in [0.25, 0.3) is 0 Å². The fourth-order valence-corrected chi connectivity index (χ4v) is 3.90. The van der Waals surface area contributed by atoms with E-state index < -0.39 is 0 Å².